The van der Waals surface area contributed by atoms with E-state index < -0.39 is 0 Å². The van der Waals surface area contributed by atoms with E-state index in [1.807, 2.05) is 0 Å². The van der Waals surface area contributed by atoms with Crippen LogP contribution in [0, 0.1) is 11.8 Å². The lowest BCUT2D eigenvalue weighted by molar-refractivity contribution is 0.128. The summed E-state index contributed by atoms with van der Waals surface area (Å²) in [6.45, 7) is 6.82. The fourth-order valence-electron chi connectivity index (χ4n) is 2.58. The van der Waals surface area contributed by atoms with Crippen molar-refractivity contribution in [2.75, 3.05) is 26.7 Å². The molecule has 2 N–H and O–H groups in total. The van der Waals surface area contributed by atoms with E-state index in [4.69, 9.17) is 0 Å². The highest BCUT2D eigenvalue weighted by Crippen LogP contribution is 2.38. The summed E-state index contributed by atoms with van der Waals surface area (Å²) < 4.78 is 0. The third-order valence-electron chi connectivity index (χ3n) is 3.92. The molecule has 2 aliphatic carbocycles. The third kappa shape index (κ3) is 3.44. The van der Waals surface area contributed by atoms with E-state index in [1.54, 1.807) is 0 Å². The zero-order valence-corrected chi connectivity index (χ0v) is 10.9. The van der Waals surface area contributed by atoms with Gasteiger partial charge in [-0.2, -0.15) is 0 Å². The fraction of sp³-hybridized carbons (Fsp3) is 1.00. The molecule has 2 saturated carbocycles. The first-order valence-corrected chi connectivity index (χ1v) is 6.59. The minimum absolute atomic E-state index is 0.117. The van der Waals surface area contributed by atoms with Gasteiger partial charge in [-0.1, -0.05) is 6.92 Å². The first kappa shape index (κ1) is 12.3. The second-order valence-corrected chi connectivity index (χ2v) is 6.31. The van der Waals surface area contributed by atoms with Crippen molar-refractivity contribution in [3.63, 3.8) is 0 Å². The van der Waals surface area contributed by atoms with Crippen LogP contribution in [0.15, 0.2) is 0 Å². The Labute approximate surface area is 99.2 Å². The van der Waals surface area contributed by atoms with E-state index in [2.05, 4.69) is 31.1 Å². The van der Waals surface area contributed by atoms with E-state index >= 15 is 0 Å². The van der Waals surface area contributed by atoms with Gasteiger partial charge in [-0.25, -0.2) is 0 Å². The van der Waals surface area contributed by atoms with Gasteiger partial charge in [0.15, 0.2) is 0 Å². The van der Waals surface area contributed by atoms with Crippen LogP contribution in [0.25, 0.3) is 0 Å². The van der Waals surface area contributed by atoms with Crippen LogP contribution in [0.5, 0.6) is 0 Å². The van der Waals surface area contributed by atoms with Gasteiger partial charge >= 0.3 is 0 Å². The predicted octanol–water partition coefficient (Wildman–Crippen LogP) is 1.08. The average molecular weight is 226 g/mol. The molecule has 0 spiro atoms. The van der Waals surface area contributed by atoms with Crippen LogP contribution in [0.3, 0.4) is 0 Å². The van der Waals surface area contributed by atoms with Crippen LogP contribution in [0.4, 0.5) is 0 Å². The molecule has 94 valence electrons. The fourth-order valence-corrected chi connectivity index (χ4v) is 2.58. The number of aliphatic hydroxyl groups is 1. The maximum atomic E-state index is 9.52. The molecule has 0 bridgehead atoms. The largest absolute Gasteiger partial charge is 0.394 e. The van der Waals surface area contributed by atoms with E-state index in [0.29, 0.717) is 6.04 Å². The van der Waals surface area contributed by atoms with Crippen molar-refractivity contribution in [1.29, 1.82) is 0 Å². The molecule has 3 atom stereocenters. The smallest absolute Gasteiger partial charge is 0.0623 e. The summed E-state index contributed by atoms with van der Waals surface area (Å²) in [5.41, 5.74) is -0.117. The molecule has 0 aromatic carbocycles. The number of likely N-dealkylation sites (N-methyl/N-ethyl adjacent to an activating group) is 1. The van der Waals surface area contributed by atoms with Gasteiger partial charge in [-0.05, 0) is 45.1 Å². The van der Waals surface area contributed by atoms with Gasteiger partial charge in [0.05, 0.1) is 12.1 Å². The Kier molecular flexibility index (Phi) is 3.57. The van der Waals surface area contributed by atoms with Gasteiger partial charge in [0.25, 0.3) is 0 Å². The maximum Gasteiger partial charge on any atom is 0.0623 e. The van der Waals surface area contributed by atoms with Crippen LogP contribution < -0.4 is 5.32 Å². The molecule has 3 heteroatoms. The summed E-state index contributed by atoms with van der Waals surface area (Å²) in [6, 6.07) is 0.658. The van der Waals surface area contributed by atoms with Gasteiger partial charge in [-0.3, -0.25) is 0 Å². The van der Waals surface area contributed by atoms with E-state index in [-0.39, 0.29) is 12.1 Å². The first-order valence-electron chi connectivity index (χ1n) is 6.59. The Hall–Kier alpha value is -0.120. The van der Waals surface area contributed by atoms with Crippen molar-refractivity contribution < 1.29 is 5.11 Å². The van der Waals surface area contributed by atoms with E-state index in [0.717, 1.165) is 18.4 Å². The SMILES string of the molecule is CC1CC1CN(C)CC(C)(CO)NC1CC1. The van der Waals surface area contributed by atoms with E-state index in [9.17, 15) is 5.11 Å². The Morgan fingerprint density at radius 2 is 2.06 bits per heavy atom. The normalized spacial score (nSPS) is 32.8. The molecule has 0 radical (unpaired) electrons. The summed E-state index contributed by atoms with van der Waals surface area (Å²) in [6.07, 6.45) is 3.94. The van der Waals surface area contributed by atoms with Crippen LogP contribution >= 0.6 is 0 Å². The summed E-state index contributed by atoms with van der Waals surface area (Å²) in [5, 5.41) is 13.1. The molecule has 16 heavy (non-hydrogen) atoms. The molecule has 0 heterocycles. The van der Waals surface area contributed by atoms with Gasteiger partial charge in [-0.15, -0.1) is 0 Å². The number of rotatable bonds is 7. The minimum Gasteiger partial charge on any atom is -0.394 e. The zero-order chi connectivity index (χ0) is 11.8. The van der Waals surface area contributed by atoms with Crippen molar-refractivity contribution in [2.45, 2.75) is 44.7 Å². The Morgan fingerprint density at radius 1 is 1.44 bits per heavy atom. The Balaban J connectivity index is 1.75. The van der Waals surface area contributed by atoms with Crippen molar-refractivity contribution in [2.24, 2.45) is 11.8 Å². The number of nitrogens with zero attached hydrogens (tertiary/aromatic N) is 1. The molecular formula is C13H26N2O. The molecule has 2 fully saturated rings. The van der Waals surface area contributed by atoms with Crippen molar-refractivity contribution >= 4 is 0 Å². The molecule has 0 aliphatic heterocycles. The second kappa shape index (κ2) is 4.63. The van der Waals surface area contributed by atoms with Crippen LogP contribution in [0.1, 0.15) is 33.1 Å². The molecule has 2 aliphatic rings. The Bertz CT molecular complexity index is 242. The van der Waals surface area contributed by atoms with Crippen molar-refractivity contribution in [3.8, 4) is 0 Å². The highest BCUT2D eigenvalue weighted by Gasteiger charge is 2.36. The van der Waals surface area contributed by atoms with Crippen LogP contribution in [-0.4, -0.2) is 48.3 Å². The molecule has 3 unspecified atom stereocenters. The monoisotopic (exact) mass is 226 g/mol. The van der Waals surface area contributed by atoms with Crippen LogP contribution in [0.2, 0.25) is 0 Å². The summed E-state index contributed by atoms with van der Waals surface area (Å²) in [5.74, 6) is 1.81. The molecule has 0 saturated heterocycles. The number of aliphatic hydroxyl groups excluding tert-OH is 1. The molecule has 3 nitrogen and oxygen atoms in total. The van der Waals surface area contributed by atoms with E-state index in [1.165, 1.54) is 25.8 Å². The molecule has 0 aromatic rings. The second-order valence-electron chi connectivity index (χ2n) is 6.31. The number of nitrogens with one attached hydrogen (secondary N) is 1. The van der Waals surface area contributed by atoms with Crippen molar-refractivity contribution in [3.05, 3.63) is 0 Å². The summed E-state index contributed by atoms with van der Waals surface area (Å²) >= 11 is 0. The summed E-state index contributed by atoms with van der Waals surface area (Å²) in [7, 11) is 2.17. The third-order valence-corrected chi connectivity index (χ3v) is 3.92. The average Bonchev–Trinajstić information content (AvgIpc) is 3.08. The lowest BCUT2D eigenvalue weighted by atomic mass is 10.0. The molecule has 0 amide bonds. The number of hydrogen-bond donors (Lipinski definition) is 2. The lowest BCUT2D eigenvalue weighted by Gasteiger charge is -2.33. The maximum absolute atomic E-state index is 9.52. The number of hydrogen-bond acceptors (Lipinski definition) is 3. The summed E-state index contributed by atoms with van der Waals surface area (Å²) in [4.78, 5) is 2.37. The van der Waals surface area contributed by atoms with Gasteiger partial charge < -0.3 is 15.3 Å². The Morgan fingerprint density at radius 3 is 2.50 bits per heavy atom. The van der Waals surface area contributed by atoms with Gasteiger partial charge in [0.1, 0.15) is 0 Å². The first-order chi connectivity index (χ1) is 7.52. The topological polar surface area (TPSA) is 35.5 Å². The standard InChI is InChI=1S/C13H26N2O/c1-10-6-11(10)7-15(3)8-13(2,9-16)14-12-4-5-12/h10-12,14,16H,4-9H2,1-3H3. The lowest BCUT2D eigenvalue weighted by Crippen LogP contribution is -2.54. The molecule has 2 rings (SSSR count). The van der Waals surface area contributed by atoms with Gasteiger partial charge in [0.2, 0.25) is 0 Å². The quantitative estimate of drug-likeness (QED) is 0.682. The van der Waals surface area contributed by atoms with Crippen molar-refractivity contribution in [1.82, 2.24) is 10.2 Å². The zero-order valence-electron chi connectivity index (χ0n) is 10.9. The highest BCUT2D eigenvalue weighted by atomic mass is 16.3. The van der Waals surface area contributed by atoms with Gasteiger partial charge in [0, 0.05) is 19.1 Å². The highest BCUT2D eigenvalue weighted by molar-refractivity contribution is 4.95. The van der Waals surface area contributed by atoms with Crippen LogP contribution in [-0.2, 0) is 0 Å². The molecule has 0 aromatic heterocycles. The minimum atomic E-state index is -0.117. The predicted molar refractivity (Wildman–Crippen MR) is 66.4 cm³/mol. The molecular weight excluding hydrogens is 200 g/mol.